The molecule has 0 aliphatic heterocycles. The average Bonchev–Trinajstić information content (AvgIpc) is 3.09. The van der Waals surface area contributed by atoms with Crippen LogP contribution in [-0.4, -0.2) is 22.7 Å². The van der Waals surface area contributed by atoms with Crippen LogP contribution in [0.25, 0.3) is 11.0 Å². The van der Waals surface area contributed by atoms with Gasteiger partial charge in [-0.05, 0) is 53.4 Å². The van der Waals surface area contributed by atoms with Crippen molar-refractivity contribution >= 4 is 28.2 Å². The molecule has 0 saturated heterocycles. The van der Waals surface area contributed by atoms with Crippen LogP contribution in [0, 0.1) is 6.92 Å². The molecule has 0 spiro atoms. The summed E-state index contributed by atoms with van der Waals surface area (Å²) in [7, 11) is 0. The van der Waals surface area contributed by atoms with Crippen molar-refractivity contribution in [3.8, 4) is 11.5 Å². The van der Waals surface area contributed by atoms with E-state index < -0.39 is 11.4 Å². The standard InChI is InChI=1S/C18H17NO5S/c1-10-12-2-3-14(20)16(22)17(12)24-18(23)13(10)8-15(21)19-6-4-11-5-7-25-9-11/h2-3,5,7,9,20,22H,4,6,8H2,1H3,(H,19,21). The average molecular weight is 359 g/mol. The number of carbonyl (C=O) groups excluding carboxylic acids is 1. The van der Waals surface area contributed by atoms with Crippen molar-refractivity contribution in [1.82, 2.24) is 5.32 Å². The number of fused-ring (bicyclic) bond motifs is 1. The van der Waals surface area contributed by atoms with E-state index in [1.54, 1.807) is 24.3 Å². The van der Waals surface area contributed by atoms with Gasteiger partial charge in [-0.3, -0.25) is 4.79 Å². The fourth-order valence-electron chi connectivity index (χ4n) is 2.64. The molecule has 0 radical (unpaired) electrons. The van der Waals surface area contributed by atoms with E-state index in [0.717, 1.165) is 12.0 Å². The number of rotatable bonds is 5. The van der Waals surface area contributed by atoms with Crippen LogP contribution < -0.4 is 10.9 Å². The van der Waals surface area contributed by atoms with Gasteiger partial charge < -0.3 is 19.9 Å². The third kappa shape index (κ3) is 3.51. The van der Waals surface area contributed by atoms with Crippen LogP contribution in [0.4, 0.5) is 0 Å². The molecule has 6 nitrogen and oxygen atoms in total. The van der Waals surface area contributed by atoms with E-state index in [2.05, 4.69) is 5.32 Å². The van der Waals surface area contributed by atoms with E-state index in [0.29, 0.717) is 17.5 Å². The molecule has 0 aliphatic rings. The number of thiophene rings is 1. The minimum absolute atomic E-state index is 0.0795. The number of phenolic OH excluding ortho intramolecular Hbond substituents is 2. The lowest BCUT2D eigenvalue weighted by Gasteiger charge is -2.09. The molecule has 0 bridgehead atoms. The second kappa shape index (κ2) is 6.98. The van der Waals surface area contributed by atoms with Crippen LogP contribution in [-0.2, 0) is 17.6 Å². The van der Waals surface area contributed by atoms with Gasteiger partial charge in [-0.2, -0.15) is 11.3 Å². The molecule has 2 aromatic heterocycles. The lowest BCUT2D eigenvalue weighted by molar-refractivity contribution is -0.120. The lowest BCUT2D eigenvalue weighted by atomic mass is 10.0. The number of nitrogens with one attached hydrogen (secondary N) is 1. The van der Waals surface area contributed by atoms with Gasteiger partial charge in [0.15, 0.2) is 11.3 Å². The zero-order valence-electron chi connectivity index (χ0n) is 13.5. The summed E-state index contributed by atoms with van der Waals surface area (Å²) in [5, 5.41) is 26.6. The van der Waals surface area contributed by atoms with Crippen LogP contribution in [0.5, 0.6) is 11.5 Å². The highest BCUT2D eigenvalue weighted by Gasteiger charge is 2.18. The summed E-state index contributed by atoms with van der Waals surface area (Å²) >= 11 is 1.60. The predicted molar refractivity (Wildman–Crippen MR) is 95.3 cm³/mol. The van der Waals surface area contributed by atoms with Crippen molar-refractivity contribution in [3.63, 3.8) is 0 Å². The number of phenols is 2. The van der Waals surface area contributed by atoms with Crippen LogP contribution >= 0.6 is 11.3 Å². The molecule has 0 unspecified atom stereocenters. The molecule has 0 aliphatic carbocycles. The molecular weight excluding hydrogens is 342 g/mol. The van der Waals surface area contributed by atoms with Crippen LogP contribution in [0.15, 0.2) is 38.2 Å². The number of amides is 1. The molecule has 3 rings (SSSR count). The molecule has 1 aromatic carbocycles. The molecule has 3 aromatic rings. The summed E-state index contributed by atoms with van der Waals surface area (Å²) in [5.74, 6) is -1.12. The minimum atomic E-state index is -0.695. The van der Waals surface area contributed by atoms with Gasteiger partial charge in [0.2, 0.25) is 11.7 Å². The van der Waals surface area contributed by atoms with Crippen LogP contribution in [0.3, 0.4) is 0 Å². The van der Waals surface area contributed by atoms with Crippen molar-refractivity contribution in [1.29, 1.82) is 0 Å². The predicted octanol–water partition coefficient (Wildman–Crippen LogP) is 2.48. The quantitative estimate of drug-likeness (QED) is 0.480. The van der Waals surface area contributed by atoms with Gasteiger partial charge in [-0.25, -0.2) is 4.79 Å². The first-order valence-electron chi connectivity index (χ1n) is 7.72. The van der Waals surface area contributed by atoms with E-state index in [1.165, 1.54) is 6.07 Å². The first kappa shape index (κ1) is 17.0. The summed E-state index contributed by atoms with van der Waals surface area (Å²) in [5.41, 5.74) is 1.17. The first-order chi connectivity index (χ1) is 12.0. The van der Waals surface area contributed by atoms with E-state index in [9.17, 15) is 19.8 Å². The molecule has 1 amide bonds. The minimum Gasteiger partial charge on any atom is -0.504 e. The smallest absolute Gasteiger partial charge is 0.340 e. The fourth-order valence-corrected chi connectivity index (χ4v) is 3.34. The maximum atomic E-state index is 12.2. The van der Waals surface area contributed by atoms with Crippen LogP contribution in [0.1, 0.15) is 16.7 Å². The van der Waals surface area contributed by atoms with Crippen LogP contribution in [0.2, 0.25) is 0 Å². The maximum absolute atomic E-state index is 12.2. The molecule has 25 heavy (non-hydrogen) atoms. The van der Waals surface area contributed by atoms with E-state index in [1.807, 2.05) is 16.8 Å². The van der Waals surface area contributed by atoms with Gasteiger partial charge in [-0.1, -0.05) is 0 Å². The van der Waals surface area contributed by atoms with Gasteiger partial charge in [0.1, 0.15) is 0 Å². The number of aryl methyl sites for hydroxylation is 1. The number of hydrogen-bond acceptors (Lipinski definition) is 6. The SMILES string of the molecule is Cc1c(CC(=O)NCCc2ccsc2)c(=O)oc2c(O)c(O)ccc12. The Labute approximate surface area is 147 Å². The second-order valence-electron chi connectivity index (χ2n) is 5.71. The Balaban J connectivity index is 1.78. The largest absolute Gasteiger partial charge is 0.504 e. The van der Waals surface area contributed by atoms with Crippen molar-refractivity contribution < 1.29 is 19.4 Å². The summed E-state index contributed by atoms with van der Waals surface area (Å²) in [6, 6.07) is 4.86. The van der Waals surface area contributed by atoms with Crippen molar-refractivity contribution in [2.45, 2.75) is 19.8 Å². The van der Waals surface area contributed by atoms with Gasteiger partial charge in [0.05, 0.1) is 12.0 Å². The Morgan fingerprint density at radius 2 is 2.08 bits per heavy atom. The Kier molecular flexibility index (Phi) is 4.76. The molecular formula is C18H17NO5S. The number of aromatic hydroxyl groups is 2. The van der Waals surface area contributed by atoms with Crippen molar-refractivity contribution in [2.75, 3.05) is 6.54 Å². The third-order valence-corrected chi connectivity index (χ3v) is 4.79. The highest BCUT2D eigenvalue weighted by atomic mass is 32.1. The summed E-state index contributed by atoms with van der Waals surface area (Å²) in [4.78, 5) is 24.3. The number of hydrogen-bond donors (Lipinski definition) is 3. The van der Waals surface area contributed by atoms with E-state index in [-0.39, 0.29) is 29.2 Å². The van der Waals surface area contributed by atoms with Crippen molar-refractivity contribution in [2.24, 2.45) is 0 Å². The Hall–Kier alpha value is -2.80. The lowest BCUT2D eigenvalue weighted by Crippen LogP contribution is -2.29. The zero-order chi connectivity index (χ0) is 18.0. The Morgan fingerprint density at radius 3 is 2.80 bits per heavy atom. The molecule has 3 N–H and O–H groups in total. The monoisotopic (exact) mass is 359 g/mol. The van der Waals surface area contributed by atoms with Gasteiger partial charge in [0, 0.05) is 11.9 Å². The summed E-state index contributed by atoms with van der Waals surface area (Å²) in [6.45, 7) is 2.17. The van der Waals surface area contributed by atoms with Gasteiger partial charge >= 0.3 is 5.63 Å². The first-order valence-corrected chi connectivity index (χ1v) is 8.66. The van der Waals surface area contributed by atoms with Gasteiger partial charge in [0.25, 0.3) is 0 Å². The zero-order valence-corrected chi connectivity index (χ0v) is 14.4. The van der Waals surface area contributed by atoms with E-state index >= 15 is 0 Å². The third-order valence-electron chi connectivity index (χ3n) is 4.06. The number of benzene rings is 1. The molecule has 0 saturated carbocycles. The van der Waals surface area contributed by atoms with Gasteiger partial charge in [-0.15, -0.1) is 0 Å². The summed E-state index contributed by atoms with van der Waals surface area (Å²) < 4.78 is 5.11. The fraction of sp³-hybridized carbons (Fsp3) is 0.222. The van der Waals surface area contributed by atoms with E-state index in [4.69, 9.17) is 4.42 Å². The second-order valence-corrected chi connectivity index (χ2v) is 6.49. The Morgan fingerprint density at radius 1 is 1.28 bits per heavy atom. The highest BCUT2D eigenvalue weighted by molar-refractivity contribution is 7.07. The molecule has 2 heterocycles. The molecule has 0 fully saturated rings. The summed E-state index contributed by atoms with van der Waals surface area (Å²) in [6.07, 6.45) is 0.628. The maximum Gasteiger partial charge on any atom is 0.340 e. The number of carbonyl (C=O) groups is 1. The molecule has 7 heteroatoms. The topological polar surface area (TPSA) is 99.8 Å². The van der Waals surface area contributed by atoms with Crippen molar-refractivity contribution in [3.05, 3.63) is 56.1 Å². The normalized spacial score (nSPS) is 10.9. The molecule has 0 atom stereocenters. The molecule has 130 valence electrons. The Bertz CT molecular complexity index is 975. The highest BCUT2D eigenvalue weighted by Crippen LogP contribution is 2.34.